The van der Waals surface area contributed by atoms with Crippen LogP contribution in [-0.4, -0.2) is 26.9 Å². The Labute approximate surface area is 63.4 Å². The van der Waals surface area contributed by atoms with E-state index in [0.717, 1.165) is 11.8 Å². The Morgan fingerprint density at radius 1 is 1.70 bits per heavy atom. The van der Waals surface area contributed by atoms with Crippen LogP contribution in [0.4, 0.5) is 4.79 Å². The SMILES string of the molecule is CCSC(=O)[P+](=O)C(O)O. The molecule has 1 unspecified atom stereocenters. The molecule has 0 aliphatic carbocycles. The summed E-state index contributed by atoms with van der Waals surface area (Å²) in [4.78, 5) is 9.88. The van der Waals surface area contributed by atoms with Gasteiger partial charge in [-0.2, -0.15) is 0 Å². The van der Waals surface area contributed by atoms with Gasteiger partial charge < -0.3 is 10.2 Å². The van der Waals surface area contributed by atoms with Crippen molar-refractivity contribution >= 4 is 24.4 Å². The largest absolute Gasteiger partial charge is 0.489 e. The molecular formula is C4H8O4PS+. The maximum absolute atomic E-state index is 10.5. The summed E-state index contributed by atoms with van der Waals surface area (Å²) >= 11 is 0.825. The number of aliphatic hydroxyl groups excluding tert-OH is 1. The smallest absolute Gasteiger partial charge is 0.328 e. The summed E-state index contributed by atoms with van der Waals surface area (Å²) in [7, 11) is -2.52. The molecule has 0 aromatic carbocycles. The maximum atomic E-state index is 10.5. The lowest BCUT2D eigenvalue weighted by atomic mass is 11.0. The van der Waals surface area contributed by atoms with Gasteiger partial charge in [0.25, 0.3) is 0 Å². The van der Waals surface area contributed by atoms with Crippen molar-refractivity contribution in [3.8, 4) is 0 Å². The van der Waals surface area contributed by atoms with Crippen LogP contribution in [-0.2, 0) is 4.57 Å². The Kier molecular flexibility index (Phi) is 4.81. The fourth-order valence-corrected chi connectivity index (χ4v) is 1.90. The monoisotopic (exact) mass is 183 g/mol. The van der Waals surface area contributed by atoms with E-state index < -0.39 is 18.7 Å². The van der Waals surface area contributed by atoms with Gasteiger partial charge in [-0.25, -0.2) is 4.79 Å². The third-order valence-corrected chi connectivity index (χ3v) is 2.90. The molecule has 2 N–H and O–H groups in total. The fourth-order valence-electron chi connectivity index (χ4n) is 0.281. The zero-order valence-electron chi connectivity index (χ0n) is 5.35. The Morgan fingerprint density at radius 3 is 2.50 bits per heavy atom. The number of thioether (sulfide) groups is 1. The van der Waals surface area contributed by atoms with E-state index in [1.807, 2.05) is 0 Å². The van der Waals surface area contributed by atoms with E-state index in [2.05, 4.69) is 0 Å². The van der Waals surface area contributed by atoms with Crippen LogP contribution in [0.1, 0.15) is 6.92 Å². The first-order valence-electron chi connectivity index (χ1n) is 2.58. The average Bonchev–Trinajstić information content (AvgIpc) is 1.87. The van der Waals surface area contributed by atoms with E-state index in [9.17, 15) is 9.36 Å². The molecule has 0 spiro atoms. The second-order valence-corrected chi connectivity index (χ2v) is 4.43. The van der Waals surface area contributed by atoms with Gasteiger partial charge in [0.15, 0.2) is 0 Å². The number of carbonyl (C=O) groups is 1. The molecule has 1 atom stereocenters. The van der Waals surface area contributed by atoms with Crippen LogP contribution < -0.4 is 0 Å². The summed E-state index contributed by atoms with van der Waals surface area (Å²) < 4.78 is 10.5. The number of rotatable bonds is 3. The summed E-state index contributed by atoms with van der Waals surface area (Å²) in [6.07, 6.45) is 0. The van der Waals surface area contributed by atoms with Crippen LogP contribution >= 0.6 is 19.6 Å². The first kappa shape index (κ1) is 10.0. The van der Waals surface area contributed by atoms with Gasteiger partial charge in [-0.15, -0.1) is 0 Å². The van der Waals surface area contributed by atoms with Gasteiger partial charge in [0.2, 0.25) is 0 Å². The average molecular weight is 183 g/mol. The molecule has 10 heavy (non-hydrogen) atoms. The lowest BCUT2D eigenvalue weighted by Crippen LogP contribution is -2.00. The fraction of sp³-hybridized carbons (Fsp3) is 0.750. The van der Waals surface area contributed by atoms with Crippen LogP contribution in [0.5, 0.6) is 0 Å². The first-order chi connectivity index (χ1) is 4.59. The lowest BCUT2D eigenvalue weighted by Gasteiger charge is -1.85. The van der Waals surface area contributed by atoms with Gasteiger partial charge in [0.1, 0.15) is 0 Å². The van der Waals surface area contributed by atoms with Crippen molar-refractivity contribution in [3.05, 3.63) is 0 Å². The van der Waals surface area contributed by atoms with Crippen molar-refractivity contribution in [1.29, 1.82) is 0 Å². The minimum Gasteiger partial charge on any atom is -0.328 e. The van der Waals surface area contributed by atoms with Gasteiger partial charge in [-0.3, -0.25) is 0 Å². The highest BCUT2D eigenvalue weighted by atomic mass is 32.2. The topological polar surface area (TPSA) is 74.6 Å². The molecule has 0 bridgehead atoms. The van der Waals surface area contributed by atoms with Crippen molar-refractivity contribution in [2.45, 2.75) is 13.0 Å². The molecule has 0 radical (unpaired) electrons. The molecule has 0 aliphatic rings. The molecule has 0 aliphatic heterocycles. The number of hydrogen-bond donors (Lipinski definition) is 2. The lowest BCUT2D eigenvalue weighted by molar-refractivity contribution is 0.0332. The third-order valence-electron chi connectivity index (χ3n) is 0.658. The summed E-state index contributed by atoms with van der Waals surface area (Å²) in [5.41, 5.74) is 0. The van der Waals surface area contributed by atoms with Crippen molar-refractivity contribution < 1.29 is 19.6 Å². The summed E-state index contributed by atoms with van der Waals surface area (Å²) in [6, 6.07) is -2.01. The number of hydrogen-bond acceptors (Lipinski definition) is 5. The van der Waals surface area contributed by atoms with Crippen molar-refractivity contribution in [1.82, 2.24) is 0 Å². The normalized spacial score (nSPS) is 11.8. The molecule has 0 saturated heterocycles. The highest BCUT2D eigenvalue weighted by Gasteiger charge is 2.35. The quantitative estimate of drug-likeness (QED) is 0.503. The minimum atomic E-state index is -2.52. The highest BCUT2D eigenvalue weighted by Crippen LogP contribution is 2.32. The molecule has 0 aromatic rings. The molecule has 0 rings (SSSR count). The molecular weight excluding hydrogens is 175 g/mol. The van der Waals surface area contributed by atoms with E-state index in [1.54, 1.807) is 6.92 Å². The molecule has 0 amide bonds. The number of carbonyl (C=O) groups excluding carboxylic acids is 1. The Balaban J connectivity index is 3.83. The van der Waals surface area contributed by atoms with Crippen LogP contribution in [0.3, 0.4) is 0 Å². The van der Waals surface area contributed by atoms with Crippen molar-refractivity contribution in [3.63, 3.8) is 0 Å². The van der Waals surface area contributed by atoms with Gasteiger partial charge in [0.05, 0.1) is 0 Å². The predicted molar refractivity (Wildman–Crippen MR) is 39.4 cm³/mol. The van der Waals surface area contributed by atoms with Gasteiger partial charge in [-0.1, -0.05) is 11.5 Å². The highest BCUT2D eigenvalue weighted by molar-refractivity contribution is 8.23. The predicted octanol–water partition coefficient (Wildman–Crippen LogP) is 0.955. The van der Waals surface area contributed by atoms with Gasteiger partial charge in [-0.05, 0) is 11.8 Å². The molecule has 6 heteroatoms. The maximum Gasteiger partial charge on any atom is 0.489 e. The van der Waals surface area contributed by atoms with Crippen LogP contribution in [0.15, 0.2) is 0 Å². The minimum absolute atomic E-state index is 0.493. The number of aliphatic hydroxyl groups is 2. The zero-order chi connectivity index (χ0) is 8.15. The molecule has 58 valence electrons. The second-order valence-electron chi connectivity index (χ2n) is 1.37. The molecule has 0 aromatic heterocycles. The molecule has 0 fully saturated rings. The van der Waals surface area contributed by atoms with Crippen LogP contribution in [0.25, 0.3) is 0 Å². The van der Waals surface area contributed by atoms with Crippen LogP contribution in [0, 0.1) is 0 Å². The van der Waals surface area contributed by atoms with E-state index in [-0.39, 0.29) is 0 Å². The molecule has 0 heterocycles. The van der Waals surface area contributed by atoms with Gasteiger partial charge in [0, 0.05) is 5.75 Å². The molecule has 0 saturated carbocycles. The zero-order valence-corrected chi connectivity index (χ0v) is 7.06. The summed E-state index contributed by atoms with van der Waals surface area (Å²) in [5.74, 6) is 0.493. The molecule has 4 nitrogen and oxygen atoms in total. The first-order valence-corrected chi connectivity index (χ1v) is 4.90. The van der Waals surface area contributed by atoms with E-state index in [1.165, 1.54) is 0 Å². The Bertz CT molecular complexity index is 146. The van der Waals surface area contributed by atoms with Crippen LogP contribution in [0.2, 0.25) is 0 Å². The Morgan fingerprint density at radius 2 is 2.20 bits per heavy atom. The Hall–Kier alpha value is 0.0400. The van der Waals surface area contributed by atoms with Crippen molar-refractivity contribution in [2.75, 3.05) is 5.75 Å². The summed E-state index contributed by atoms with van der Waals surface area (Å²) in [6.45, 7) is 1.72. The van der Waals surface area contributed by atoms with E-state index >= 15 is 0 Å². The second kappa shape index (κ2) is 4.79. The van der Waals surface area contributed by atoms with Gasteiger partial charge >= 0.3 is 18.7 Å². The van der Waals surface area contributed by atoms with E-state index in [0.29, 0.717) is 5.75 Å². The van der Waals surface area contributed by atoms with Crippen molar-refractivity contribution in [2.24, 2.45) is 0 Å². The third kappa shape index (κ3) is 3.27. The standard InChI is InChI=1S/C4H8O4PS/c1-2-10-4(7)9(8)3(5)6/h3,5-6H,2H2,1H3/q+1. The summed E-state index contributed by atoms with van der Waals surface area (Å²) in [5, 5.41) is 16.5. The van der Waals surface area contributed by atoms with E-state index in [4.69, 9.17) is 10.2 Å².